The van der Waals surface area contributed by atoms with Gasteiger partial charge < -0.3 is 5.32 Å². The first kappa shape index (κ1) is 35.4. The third-order valence-corrected chi connectivity index (χ3v) is 8.49. The number of ketones is 1. The lowest BCUT2D eigenvalue weighted by atomic mass is 9.87. The highest BCUT2D eigenvalue weighted by Crippen LogP contribution is 2.32. The van der Waals surface area contributed by atoms with Crippen molar-refractivity contribution in [2.75, 3.05) is 0 Å². The van der Waals surface area contributed by atoms with E-state index in [1.165, 1.54) is 36.3 Å². The van der Waals surface area contributed by atoms with Crippen molar-refractivity contribution in [3.63, 3.8) is 0 Å². The Morgan fingerprint density at radius 2 is 1.45 bits per heavy atom. The molecule has 0 unspecified atom stereocenters. The Labute approximate surface area is 259 Å². The minimum Gasteiger partial charge on any atom is -0.347 e. The van der Waals surface area contributed by atoms with E-state index in [2.05, 4.69) is 86.0 Å². The Kier molecular flexibility index (Phi) is 19.2. The van der Waals surface area contributed by atoms with Crippen LogP contribution in [0.3, 0.4) is 0 Å². The molecule has 1 N–H and O–H groups in total. The molecule has 230 valence electrons. The zero-order valence-corrected chi connectivity index (χ0v) is 27.2. The van der Waals surface area contributed by atoms with E-state index in [0.717, 1.165) is 62.3 Å². The van der Waals surface area contributed by atoms with Gasteiger partial charge in [-0.3, -0.25) is 9.59 Å². The third-order valence-electron chi connectivity index (χ3n) is 7.37. The monoisotopic (exact) mass is 590 g/mol. The van der Waals surface area contributed by atoms with Crippen LogP contribution in [0.25, 0.3) is 0 Å². The first-order valence-electron chi connectivity index (χ1n) is 16.2. The predicted octanol–water partition coefficient (Wildman–Crippen LogP) is 9.53. The second-order valence-electron chi connectivity index (χ2n) is 11.1. The van der Waals surface area contributed by atoms with Gasteiger partial charge in [0.2, 0.25) is 5.91 Å². The maximum Gasteiger partial charge on any atom is 0.220 e. The molecule has 0 fully saturated rings. The number of nitrogens with zero attached hydrogens (tertiary/aromatic N) is 1. The highest BCUT2D eigenvalue weighted by molar-refractivity contribution is 7.11. The molecule has 0 saturated carbocycles. The Hall–Kier alpha value is -2.79. The summed E-state index contributed by atoms with van der Waals surface area (Å²) in [5.74, 6) is 0.722. The average molecular weight is 591 g/mol. The van der Waals surface area contributed by atoms with E-state index in [1.54, 1.807) is 18.3 Å². The number of allylic oxidation sites excluding steroid dienone is 12. The van der Waals surface area contributed by atoms with Crippen LogP contribution in [0.5, 0.6) is 0 Å². The summed E-state index contributed by atoms with van der Waals surface area (Å²) in [4.78, 5) is 31.2. The first-order chi connectivity index (χ1) is 20.5. The summed E-state index contributed by atoms with van der Waals surface area (Å²) in [6.07, 6.45) is 40.5. The van der Waals surface area contributed by atoms with Gasteiger partial charge in [-0.1, -0.05) is 106 Å². The van der Waals surface area contributed by atoms with Crippen LogP contribution in [0.1, 0.15) is 113 Å². The molecule has 5 heteroatoms. The van der Waals surface area contributed by atoms with Gasteiger partial charge >= 0.3 is 0 Å². The zero-order valence-electron chi connectivity index (χ0n) is 26.4. The van der Waals surface area contributed by atoms with Crippen molar-refractivity contribution in [3.8, 4) is 0 Å². The Morgan fingerprint density at radius 1 is 0.881 bits per heavy atom. The molecule has 0 bridgehead atoms. The number of nitrogens with one attached hydrogen (secondary N) is 1. The molecule has 0 radical (unpaired) electrons. The van der Waals surface area contributed by atoms with E-state index in [1.807, 2.05) is 6.08 Å². The number of hydrogen-bond acceptors (Lipinski definition) is 4. The number of carbonyl (C=O) groups excluding carboxylic acids is 2. The van der Waals surface area contributed by atoms with Crippen LogP contribution in [0.2, 0.25) is 0 Å². The summed E-state index contributed by atoms with van der Waals surface area (Å²) in [6.45, 7) is 6.18. The number of rotatable bonds is 21. The Morgan fingerprint density at radius 3 is 2.02 bits per heavy atom. The number of Topliss-reactive ketones (excluding diaryl/α,β-unsaturated/α-hetero) is 1. The van der Waals surface area contributed by atoms with Gasteiger partial charge in [0.25, 0.3) is 0 Å². The van der Waals surface area contributed by atoms with Crippen molar-refractivity contribution >= 4 is 23.0 Å². The van der Waals surface area contributed by atoms with Gasteiger partial charge in [-0.2, -0.15) is 0 Å². The molecule has 2 rings (SSSR count). The molecule has 0 aliphatic heterocycles. The second-order valence-corrected chi connectivity index (χ2v) is 12.3. The Bertz CT molecular complexity index is 1090. The summed E-state index contributed by atoms with van der Waals surface area (Å²) in [5.41, 5.74) is 1.20. The molecular weight excluding hydrogens is 536 g/mol. The summed E-state index contributed by atoms with van der Waals surface area (Å²) in [7, 11) is 0. The molecule has 0 saturated heterocycles. The fourth-order valence-corrected chi connectivity index (χ4v) is 6.10. The first-order valence-corrected chi connectivity index (χ1v) is 17.0. The fourth-order valence-electron chi connectivity index (χ4n) is 4.86. The molecule has 1 aromatic rings. The van der Waals surface area contributed by atoms with Crippen molar-refractivity contribution in [1.29, 1.82) is 0 Å². The highest BCUT2D eigenvalue weighted by Gasteiger charge is 2.24. The van der Waals surface area contributed by atoms with Crippen molar-refractivity contribution in [2.45, 2.75) is 123 Å². The van der Waals surface area contributed by atoms with Crippen LogP contribution in [0.4, 0.5) is 0 Å². The van der Waals surface area contributed by atoms with Gasteiger partial charge in [-0.05, 0) is 77.0 Å². The van der Waals surface area contributed by atoms with Gasteiger partial charge in [-0.25, -0.2) is 4.98 Å². The van der Waals surface area contributed by atoms with E-state index in [0.29, 0.717) is 19.3 Å². The molecule has 1 aromatic heterocycles. The minimum absolute atomic E-state index is 0.0333. The van der Waals surface area contributed by atoms with Crippen molar-refractivity contribution in [1.82, 2.24) is 10.3 Å². The van der Waals surface area contributed by atoms with Gasteiger partial charge in [0.15, 0.2) is 5.78 Å². The number of unbranched alkanes of at least 4 members (excludes halogenated alkanes) is 1. The van der Waals surface area contributed by atoms with E-state index >= 15 is 0 Å². The molecule has 0 aromatic carbocycles. The smallest absolute Gasteiger partial charge is 0.220 e. The normalized spacial score (nSPS) is 16.6. The lowest BCUT2D eigenvalue weighted by molar-refractivity contribution is -0.127. The molecule has 1 aliphatic carbocycles. The number of aryl methyl sites for hydroxylation is 1. The fraction of sp³-hybridized carbons (Fsp3) is 0.541. The maximum absolute atomic E-state index is 12.7. The van der Waals surface area contributed by atoms with Crippen molar-refractivity contribution in [2.24, 2.45) is 5.92 Å². The van der Waals surface area contributed by atoms with E-state index in [-0.39, 0.29) is 11.7 Å². The zero-order chi connectivity index (χ0) is 30.3. The number of thiazole rings is 1. The van der Waals surface area contributed by atoms with Crippen LogP contribution in [0.15, 0.2) is 72.9 Å². The molecular formula is C37H54N2O2S. The minimum atomic E-state index is -0.485. The van der Waals surface area contributed by atoms with Crippen molar-refractivity contribution < 1.29 is 9.59 Å². The summed E-state index contributed by atoms with van der Waals surface area (Å²) in [6, 6.07) is -0.485. The van der Waals surface area contributed by atoms with Crippen LogP contribution in [-0.4, -0.2) is 22.7 Å². The number of hydrogen-bond donors (Lipinski definition) is 1. The molecule has 4 nitrogen and oxygen atoms in total. The van der Waals surface area contributed by atoms with Crippen LogP contribution < -0.4 is 5.32 Å². The standard InChI is InChI=1S/C37H54N2O2S/c1-4-6-8-9-10-11-12-13-14-15-16-17-18-19-20-21-22-23-24-26-36(41)38-31(3)34(40)30-37-39-33-28-27-32(25-7-5-2)29-35(33)42-37/h6,8,10-11,13-14,16-17,19-20,22-23,31-32H,4-5,7,9,12,15,18,21,24-30H2,1-3H3,(H,38,41)/b8-6-,11-10-,14-13-,17-16-,20-19-,23-22-/t31-,32+/m0/s1. The Balaban J connectivity index is 1.53. The molecule has 1 heterocycles. The van der Waals surface area contributed by atoms with Gasteiger partial charge in [0.05, 0.1) is 18.2 Å². The average Bonchev–Trinajstić information content (AvgIpc) is 3.38. The highest BCUT2D eigenvalue weighted by atomic mass is 32.1. The van der Waals surface area contributed by atoms with Crippen molar-refractivity contribution in [3.05, 3.63) is 88.5 Å². The maximum atomic E-state index is 12.7. The molecule has 1 aliphatic rings. The van der Waals surface area contributed by atoms with Crippen LogP contribution >= 0.6 is 11.3 Å². The second kappa shape index (κ2) is 22.8. The van der Waals surface area contributed by atoms with Gasteiger partial charge in [-0.15, -0.1) is 11.3 Å². The van der Waals surface area contributed by atoms with E-state index in [9.17, 15) is 9.59 Å². The van der Waals surface area contributed by atoms with E-state index in [4.69, 9.17) is 4.98 Å². The predicted molar refractivity (Wildman–Crippen MR) is 181 cm³/mol. The summed E-state index contributed by atoms with van der Waals surface area (Å²) < 4.78 is 0. The molecule has 1 amide bonds. The van der Waals surface area contributed by atoms with E-state index < -0.39 is 6.04 Å². The quantitative estimate of drug-likeness (QED) is 0.145. The number of aromatic nitrogens is 1. The molecule has 0 spiro atoms. The lowest BCUT2D eigenvalue weighted by Gasteiger charge is -2.20. The molecule has 42 heavy (non-hydrogen) atoms. The van der Waals surface area contributed by atoms with Crippen LogP contribution in [0, 0.1) is 5.92 Å². The number of carbonyl (C=O) groups is 2. The summed E-state index contributed by atoms with van der Waals surface area (Å²) in [5, 5.41) is 3.78. The van der Waals surface area contributed by atoms with Crippen LogP contribution in [-0.2, 0) is 28.9 Å². The largest absolute Gasteiger partial charge is 0.347 e. The SMILES string of the molecule is CC/C=C\C/C=C\C/C=C\C/C=C\C/C=C\C/C=C\CCC(=O)N[C@@H](C)C(=O)Cc1nc2c(s1)C[C@H](CCCC)CC2. The number of amides is 1. The molecule has 2 atom stereocenters. The lowest BCUT2D eigenvalue weighted by Crippen LogP contribution is -2.39. The van der Waals surface area contributed by atoms with Gasteiger partial charge in [0, 0.05) is 11.3 Å². The topological polar surface area (TPSA) is 59.1 Å². The van der Waals surface area contributed by atoms with Gasteiger partial charge in [0.1, 0.15) is 5.01 Å². The number of fused-ring (bicyclic) bond motifs is 1. The third kappa shape index (κ3) is 16.0. The summed E-state index contributed by atoms with van der Waals surface area (Å²) >= 11 is 1.70.